The Balaban J connectivity index is 0.000000312. The van der Waals surface area contributed by atoms with Crippen LogP contribution in [0.15, 0.2) is 42.6 Å². The zero-order valence-corrected chi connectivity index (χ0v) is 10.4. The minimum absolute atomic E-state index is 0.344. The van der Waals surface area contributed by atoms with E-state index in [1.807, 2.05) is 30.3 Å². The van der Waals surface area contributed by atoms with Crippen LogP contribution in [0.2, 0.25) is 0 Å². The molecule has 0 saturated carbocycles. The lowest BCUT2D eigenvalue weighted by atomic mass is 10.3. The van der Waals surface area contributed by atoms with Gasteiger partial charge in [0.2, 0.25) is 17.7 Å². The van der Waals surface area contributed by atoms with E-state index >= 15 is 0 Å². The van der Waals surface area contributed by atoms with Crippen molar-refractivity contribution in [1.29, 1.82) is 0 Å². The van der Waals surface area contributed by atoms with Gasteiger partial charge in [-0.05, 0) is 0 Å². The van der Waals surface area contributed by atoms with Crippen molar-refractivity contribution in [1.82, 2.24) is 5.10 Å². The van der Waals surface area contributed by atoms with E-state index in [0.29, 0.717) is 11.5 Å². The highest BCUT2D eigenvalue weighted by Gasteiger charge is 2.08. The lowest BCUT2D eigenvalue weighted by Crippen LogP contribution is -2.68. The number of anilines is 2. The number of nitrogens with zero attached hydrogens (tertiary/aromatic N) is 2. The summed E-state index contributed by atoms with van der Waals surface area (Å²) >= 11 is 0. The van der Waals surface area contributed by atoms with E-state index in [-0.39, 0.29) is 0 Å². The highest BCUT2D eigenvalue weighted by molar-refractivity contribution is 5.55. The maximum atomic E-state index is 8.49. The Kier molecular flexibility index (Phi) is 4.98. The largest absolute Gasteiger partial charge is 0.395 e. The monoisotopic (exact) mass is 286 g/mol. The van der Waals surface area contributed by atoms with E-state index in [0.717, 1.165) is 5.69 Å². The van der Waals surface area contributed by atoms with Gasteiger partial charge in [0.15, 0.2) is 0 Å². The fourth-order valence-corrected chi connectivity index (χ4v) is 1.17. The van der Waals surface area contributed by atoms with Crippen molar-refractivity contribution >= 4 is 11.5 Å². The summed E-state index contributed by atoms with van der Waals surface area (Å²) in [7, 11) is -4.94. The third-order valence-corrected chi connectivity index (χ3v) is 1.93. The predicted molar refractivity (Wildman–Crippen MR) is 54.6 cm³/mol. The fraction of sp³-hybridized carbons (Fsp3) is 0. The number of rotatable bonds is 1. The molecular formula is C10H11ClN4O4. The first-order valence-corrected chi connectivity index (χ1v) is 6.12. The smallest absolute Gasteiger partial charge is 0.238 e. The van der Waals surface area contributed by atoms with E-state index in [4.69, 9.17) is 30.1 Å². The van der Waals surface area contributed by atoms with Gasteiger partial charge in [-0.15, -0.1) is 10.2 Å². The van der Waals surface area contributed by atoms with E-state index in [2.05, 4.69) is 5.10 Å². The van der Waals surface area contributed by atoms with Crippen LogP contribution in [-0.4, -0.2) is 5.10 Å². The van der Waals surface area contributed by atoms with Crippen LogP contribution in [0.4, 0.5) is 11.5 Å². The standard InChI is InChI=1S/C10H10N4.ClHO4/c11-9-6-7-14(13-10(9)12)8-4-2-1-3-5-8;2-1(3,4)5/h1-7,11H,(H2,12,13);(H,2,3,4,5). The summed E-state index contributed by atoms with van der Waals surface area (Å²) in [5.41, 5.74) is 12.6. The molecule has 9 heteroatoms. The Hall–Kier alpha value is -1.97. The van der Waals surface area contributed by atoms with Crippen molar-refractivity contribution in [2.75, 3.05) is 11.5 Å². The first kappa shape index (κ1) is 15.1. The Morgan fingerprint density at radius 3 is 1.95 bits per heavy atom. The molecule has 1 aromatic heterocycles. The molecule has 8 nitrogen and oxygen atoms in total. The van der Waals surface area contributed by atoms with Crippen molar-refractivity contribution in [2.24, 2.45) is 0 Å². The quantitative estimate of drug-likeness (QED) is 0.502. The van der Waals surface area contributed by atoms with Gasteiger partial charge in [0.05, 0.1) is 5.69 Å². The lowest BCUT2D eigenvalue weighted by Gasteiger charge is -2.17. The van der Waals surface area contributed by atoms with Gasteiger partial charge < -0.3 is 11.5 Å². The summed E-state index contributed by atoms with van der Waals surface area (Å²) in [6.07, 6.45) is 1.78. The number of para-hydroxylation sites is 1. The van der Waals surface area contributed by atoms with Gasteiger partial charge in [0.1, 0.15) is 0 Å². The van der Waals surface area contributed by atoms with Gasteiger partial charge in [-0.3, -0.25) is 0 Å². The normalized spacial score (nSPS) is 10.5. The van der Waals surface area contributed by atoms with Crippen molar-refractivity contribution in [2.45, 2.75) is 0 Å². The molecule has 1 heterocycles. The molecule has 0 atom stereocenters. The molecule has 2 rings (SSSR count). The van der Waals surface area contributed by atoms with Gasteiger partial charge in [-0.1, -0.05) is 22.9 Å². The Labute approximate surface area is 110 Å². The average Bonchev–Trinajstić information content (AvgIpc) is 2.32. The van der Waals surface area contributed by atoms with E-state index < -0.39 is 10.2 Å². The van der Waals surface area contributed by atoms with Gasteiger partial charge >= 0.3 is 0 Å². The summed E-state index contributed by atoms with van der Waals surface area (Å²) in [5, 5.41) is 4.11. The molecule has 0 aliphatic rings. The second-order valence-electron chi connectivity index (χ2n) is 3.31. The average molecular weight is 287 g/mol. The summed E-state index contributed by atoms with van der Waals surface area (Å²) in [5.74, 6) is 0.344. The van der Waals surface area contributed by atoms with Crippen LogP contribution in [0, 0.1) is 10.2 Å². The molecular weight excluding hydrogens is 276 g/mol. The molecule has 0 radical (unpaired) electrons. The van der Waals surface area contributed by atoms with Crippen LogP contribution < -0.4 is 34.8 Å². The molecule has 0 aliphatic carbocycles. The van der Waals surface area contributed by atoms with E-state index in [1.165, 1.54) is 0 Å². The zero-order valence-electron chi connectivity index (χ0n) is 9.60. The highest BCUT2D eigenvalue weighted by atomic mass is 35.7. The van der Waals surface area contributed by atoms with Crippen LogP contribution in [0.5, 0.6) is 0 Å². The summed E-state index contributed by atoms with van der Waals surface area (Å²) < 4.78 is 35.7. The first-order chi connectivity index (χ1) is 8.77. The van der Waals surface area contributed by atoms with Crippen molar-refractivity contribution in [3.8, 4) is 5.69 Å². The molecule has 0 saturated heterocycles. The number of benzene rings is 1. The minimum atomic E-state index is -4.94. The van der Waals surface area contributed by atoms with Gasteiger partial charge in [0.25, 0.3) is 0 Å². The first-order valence-electron chi connectivity index (χ1n) is 4.88. The van der Waals surface area contributed by atoms with Crippen molar-refractivity contribution < 1.29 is 33.6 Å². The lowest BCUT2D eigenvalue weighted by molar-refractivity contribution is -2.00. The topological polar surface area (TPSA) is 161 Å². The molecule has 0 fully saturated rings. The molecule has 0 unspecified atom stereocenters. The minimum Gasteiger partial charge on any atom is -0.395 e. The SMILES string of the molecule is Nc1cc[n+](-c2ccccc2)nc1N.[O-][Cl+3]([O-])([O-])[O-]. The number of halogens is 1. The Bertz CT molecular complexity index is 527. The fourth-order valence-electron chi connectivity index (χ4n) is 1.17. The maximum absolute atomic E-state index is 8.49. The summed E-state index contributed by atoms with van der Waals surface area (Å²) in [4.78, 5) is 0. The van der Waals surface area contributed by atoms with Gasteiger partial charge in [-0.2, -0.15) is 0 Å². The number of aromatic nitrogens is 2. The third kappa shape index (κ3) is 5.95. The highest BCUT2D eigenvalue weighted by Crippen LogP contribution is 2.06. The van der Waals surface area contributed by atoms with Crippen LogP contribution in [0.1, 0.15) is 0 Å². The molecule has 0 bridgehead atoms. The maximum Gasteiger partial charge on any atom is 0.238 e. The van der Waals surface area contributed by atoms with Crippen molar-refractivity contribution in [3.63, 3.8) is 0 Å². The van der Waals surface area contributed by atoms with Crippen LogP contribution in [-0.2, 0) is 0 Å². The Morgan fingerprint density at radius 1 is 0.947 bits per heavy atom. The molecule has 19 heavy (non-hydrogen) atoms. The zero-order chi connectivity index (χ0) is 14.5. The second-order valence-corrected chi connectivity index (χ2v) is 4.07. The molecule has 4 N–H and O–H groups in total. The number of hydrogen-bond donors (Lipinski definition) is 2. The second kappa shape index (κ2) is 6.27. The summed E-state index contributed by atoms with van der Waals surface area (Å²) in [6, 6.07) is 11.5. The Morgan fingerprint density at radius 2 is 1.47 bits per heavy atom. The molecule has 102 valence electrons. The third-order valence-electron chi connectivity index (χ3n) is 1.93. The van der Waals surface area contributed by atoms with Gasteiger partial charge in [0, 0.05) is 23.3 Å². The predicted octanol–water partition coefficient (Wildman–Crippen LogP) is -4.23. The van der Waals surface area contributed by atoms with Crippen LogP contribution >= 0.6 is 0 Å². The molecule has 2 aromatic rings. The molecule has 0 spiro atoms. The van der Waals surface area contributed by atoms with E-state index in [1.54, 1.807) is 16.9 Å². The number of hydrogen-bond acceptors (Lipinski definition) is 7. The van der Waals surface area contributed by atoms with E-state index in [9.17, 15) is 0 Å². The molecule has 1 aromatic carbocycles. The number of nitrogens with two attached hydrogens (primary N) is 2. The summed E-state index contributed by atoms with van der Waals surface area (Å²) in [6.45, 7) is 0. The van der Waals surface area contributed by atoms with Crippen molar-refractivity contribution in [3.05, 3.63) is 42.6 Å². The molecule has 0 aliphatic heterocycles. The number of nitrogen functional groups attached to an aromatic ring is 2. The van der Waals surface area contributed by atoms with Crippen LogP contribution in [0.3, 0.4) is 0 Å². The van der Waals surface area contributed by atoms with Gasteiger partial charge in [-0.25, -0.2) is 18.6 Å². The van der Waals surface area contributed by atoms with Crippen LogP contribution in [0.25, 0.3) is 5.69 Å². The molecule has 0 amide bonds.